The van der Waals surface area contributed by atoms with Crippen LogP contribution in [0.3, 0.4) is 0 Å². The molecule has 1 amide bonds. The van der Waals surface area contributed by atoms with E-state index in [1.54, 1.807) is 0 Å². The molecule has 96 valence electrons. The fourth-order valence-corrected chi connectivity index (χ4v) is 2.27. The van der Waals surface area contributed by atoms with E-state index < -0.39 is 12.0 Å². The second-order valence-electron chi connectivity index (χ2n) is 4.58. The molecule has 1 atom stereocenters. The molecule has 1 fully saturated rings. The Kier molecular flexibility index (Phi) is 3.65. The van der Waals surface area contributed by atoms with Crippen LogP contribution in [0.4, 0.5) is 0 Å². The molecule has 1 aromatic rings. The van der Waals surface area contributed by atoms with E-state index in [1.165, 1.54) is 10.5 Å². The number of aryl methyl sites for hydroxylation is 1. The molecule has 1 saturated heterocycles. The van der Waals surface area contributed by atoms with Crippen LogP contribution >= 0.6 is 0 Å². The molecule has 0 aliphatic carbocycles. The van der Waals surface area contributed by atoms with Crippen LogP contribution in [-0.4, -0.2) is 27.9 Å². The van der Waals surface area contributed by atoms with Crippen molar-refractivity contribution in [2.75, 3.05) is 0 Å². The van der Waals surface area contributed by atoms with Crippen molar-refractivity contribution >= 4 is 11.9 Å². The lowest BCUT2D eigenvalue weighted by Gasteiger charge is -2.21. The van der Waals surface area contributed by atoms with Gasteiger partial charge in [-0.25, -0.2) is 4.79 Å². The summed E-state index contributed by atoms with van der Waals surface area (Å²) in [5, 5.41) is 9.07. The molecule has 1 heterocycles. The number of hydrogen-bond acceptors (Lipinski definition) is 2. The van der Waals surface area contributed by atoms with Gasteiger partial charge in [-0.3, -0.25) is 4.79 Å². The summed E-state index contributed by atoms with van der Waals surface area (Å²) in [6, 6.07) is 7.30. The van der Waals surface area contributed by atoms with Crippen molar-refractivity contribution in [3.8, 4) is 0 Å². The number of carbonyl (C=O) groups is 2. The summed E-state index contributed by atoms with van der Waals surface area (Å²) in [5.74, 6) is -0.979. The quantitative estimate of drug-likeness (QED) is 0.883. The first-order valence-corrected chi connectivity index (χ1v) is 6.22. The lowest BCUT2D eigenvalue weighted by atomic mass is 10.1. The van der Waals surface area contributed by atoms with E-state index in [1.807, 2.05) is 24.3 Å². The van der Waals surface area contributed by atoms with Gasteiger partial charge in [0.15, 0.2) is 0 Å². The first kappa shape index (κ1) is 12.6. The smallest absolute Gasteiger partial charge is 0.326 e. The van der Waals surface area contributed by atoms with Crippen molar-refractivity contribution < 1.29 is 14.7 Å². The molecule has 0 bridgehead atoms. The molecule has 1 N–H and O–H groups in total. The third kappa shape index (κ3) is 2.53. The fraction of sp³-hybridized carbons (Fsp3) is 0.429. The van der Waals surface area contributed by atoms with Crippen LogP contribution < -0.4 is 0 Å². The molecular weight excluding hydrogens is 230 g/mol. The second-order valence-corrected chi connectivity index (χ2v) is 4.58. The predicted molar refractivity (Wildman–Crippen MR) is 67.0 cm³/mol. The molecule has 1 aliphatic heterocycles. The van der Waals surface area contributed by atoms with E-state index in [2.05, 4.69) is 6.92 Å². The summed E-state index contributed by atoms with van der Waals surface area (Å²) >= 11 is 0. The molecular formula is C14H17NO3. The lowest BCUT2D eigenvalue weighted by Crippen LogP contribution is -2.37. The van der Waals surface area contributed by atoms with Crippen molar-refractivity contribution in [1.29, 1.82) is 0 Å². The average molecular weight is 247 g/mol. The first-order chi connectivity index (χ1) is 8.61. The molecule has 0 radical (unpaired) electrons. The Labute approximate surface area is 106 Å². The predicted octanol–water partition coefficient (Wildman–Crippen LogP) is 1.82. The van der Waals surface area contributed by atoms with E-state index >= 15 is 0 Å². The van der Waals surface area contributed by atoms with Gasteiger partial charge in [0.1, 0.15) is 6.04 Å². The Morgan fingerprint density at radius 1 is 1.33 bits per heavy atom. The largest absolute Gasteiger partial charge is 0.480 e. The van der Waals surface area contributed by atoms with Crippen LogP contribution in [0.1, 0.15) is 30.9 Å². The highest BCUT2D eigenvalue weighted by molar-refractivity contribution is 5.87. The van der Waals surface area contributed by atoms with Gasteiger partial charge in [-0.15, -0.1) is 0 Å². The Morgan fingerprint density at radius 2 is 1.94 bits per heavy atom. The van der Waals surface area contributed by atoms with Crippen LogP contribution in [0.2, 0.25) is 0 Å². The van der Waals surface area contributed by atoms with E-state index in [-0.39, 0.29) is 5.91 Å². The number of hydrogen-bond donors (Lipinski definition) is 1. The van der Waals surface area contributed by atoms with Crippen LogP contribution in [0, 0.1) is 0 Å². The van der Waals surface area contributed by atoms with Crippen molar-refractivity contribution in [3.63, 3.8) is 0 Å². The fourth-order valence-electron chi connectivity index (χ4n) is 2.27. The van der Waals surface area contributed by atoms with Gasteiger partial charge in [-0.2, -0.15) is 0 Å². The SMILES string of the molecule is CCc1ccc(CN2C(=O)CCC2C(=O)O)cc1. The van der Waals surface area contributed by atoms with Crippen molar-refractivity contribution in [3.05, 3.63) is 35.4 Å². The van der Waals surface area contributed by atoms with E-state index in [9.17, 15) is 9.59 Å². The second kappa shape index (κ2) is 5.21. The number of benzene rings is 1. The monoisotopic (exact) mass is 247 g/mol. The van der Waals surface area contributed by atoms with Gasteiger partial charge >= 0.3 is 5.97 Å². The molecule has 4 heteroatoms. The molecule has 0 aromatic heterocycles. The van der Waals surface area contributed by atoms with Crippen molar-refractivity contribution in [1.82, 2.24) is 4.90 Å². The van der Waals surface area contributed by atoms with Crippen LogP contribution in [0.25, 0.3) is 0 Å². The molecule has 1 aliphatic rings. The molecule has 1 aromatic carbocycles. The van der Waals surface area contributed by atoms with E-state index in [0.717, 1.165) is 12.0 Å². The number of carbonyl (C=O) groups excluding carboxylic acids is 1. The minimum absolute atomic E-state index is 0.0676. The van der Waals surface area contributed by atoms with Gasteiger partial charge in [-0.05, 0) is 24.0 Å². The summed E-state index contributed by atoms with van der Waals surface area (Å²) in [4.78, 5) is 24.2. The molecule has 2 rings (SSSR count). The summed E-state index contributed by atoms with van der Waals surface area (Å²) in [6.07, 6.45) is 1.73. The van der Waals surface area contributed by atoms with Gasteiger partial charge in [-0.1, -0.05) is 31.2 Å². The molecule has 0 saturated carbocycles. The number of likely N-dealkylation sites (tertiary alicyclic amines) is 1. The normalized spacial score (nSPS) is 19.3. The summed E-state index contributed by atoms with van der Waals surface area (Å²) < 4.78 is 0. The Bertz CT molecular complexity index is 453. The van der Waals surface area contributed by atoms with Gasteiger partial charge < -0.3 is 10.0 Å². The zero-order chi connectivity index (χ0) is 13.1. The number of rotatable bonds is 4. The van der Waals surface area contributed by atoms with Gasteiger partial charge in [0, 0.05) is 13.0 Å². The summed E-state index contributed by atoms with van der Waals surface area (Å²) in [6.45, 7) is 2.47. The highest BCUT2D eigenvalue weighted by Gasteiger charge is 2.35. The molecule has 18 heavy (non-hydrogen) atoms. The van der Waals surface area contributed by atoms with Gasteiger partial charge in [0.25, 0.3) is 0 Å². The summed E-state index contributed by atoms with van der Waals surface area (Å²) in [7, 11) is 0. The maximum Gasteiger partial charge on any atom is 0.326 e. The zero-order valence-corrected chi connectivity index (χ0v) is 10.4. The number of carboxylic acid groups (broad SMARTS) is 1. The number of carboxylic acids is 1. The lowest BCUT2D eigenvalue weighted by molar-refractivity contribution is -0.146. The van der Waals surface area contributed by atoms with E-state index in [4.69, 9.17) is 5.11 Å². The van der Waals surface area contributed by atoms with E-state index in [0.29, 0.717) is 19.4 Å². The third-order valence-electron chi connectivity index (χ3n) is 3.40. The molecule has 1 unspecified atom stereocenters. The number of nitrogens with zero attached hydrogens (tertiary/aromatic N) is 1. The van der Waals surface area contributed by atoms with Crippen molar-refractivity contribution in [2.45, 2.75) is 38.8 Å². The molecule has 0 spiro atoms. The number of aliphatic carboxylic acids is 1. The van der Waals surface area contributed by atoms with Gasteiger partial charge in [0.05, 0.1) is 0 Å². The third-order valence-corrected chi connectivity index (χ3v) is 3.40. The van der Waals surface area contributed by atoms with Crippen LogP contribution in [0.15, 0.2) is 24.3 Å². The minimum atomic E-state index is -0.911. The highest BCUT2D eigenvalue weighted by Crippen LogP contribution is 2.21. The average Bonchev–Trinajstić information content (AvgIpc) is 2.72. The maximum atomic E-state index is 11.7. The zero-order valence-electron chi connectivity index (χ0n) is 10.4. The first-order valence-electron chi connectivity index (χ1n) is 6.22. The number of amides is 1. The minimum Gasteiger partial charge on any atom is -0.480 e. The Hall–Kier alpha value is -1.84. The Morgan fingerprint density at radius 3 is 2.50 bits per heavy atom. The maximum absolute atomic E-state index is 11.7. The topological polar surface area (TPSA) is 57.6 Å². The standard InChI is InChI=1S/C14H17NO3/c1-2-10-3-5-11(6-4-10)9-15-12(14(17)18)7-8-13(15)16/h3-6,12H,2,7-9H2,1H3,(H,17,18). The van der Waals surface area contributed by atoms with Crippen LogP contribution in [0.5, 0.6) is 0 Å². The highest BCUT2D eigenvalue weighted by atomic mass is 16.4. The molecule has 4 nitrogen and oxygen atoms in total. The Balaban J connectivity index is 2.11. The van der Waals surface area contributed by atoms with Crippen molar-refractivity contribution in [2.24, 2.45) is 0 Å². The van der Waals surface area contributed by atoms with Crippen LogP contribution in [-0.2, 0) is 22.6 Å². The summed E-state index contributed by atoms with van der Waals surface area (Å²) in [5.41, 5.74) is 2.22. The van der Waals surface area contributed by atoms with Gasteiger partial charge in [0.2, 0.25) is 5.91 Å².